The summed E-state index contributed by atoms with van der Waals surface area (Å²) in [5, 5.41) is 0. The first-order valence-corrected chi connectivity index (χ1v) is 7.81. The number of rotatable bonds is 5. The monoisotopic (exact) mass is 316 g/mol. The topological polar surface area (TPSA) is 29.3 Å². The zero-order valence-corrected chi connectivity index (χ0v) is 13.1. The van der Waals surface area contributed by atoms with Gasteiger partial charge in [0.15, 0.2) is 0 Å². The van der Waals surface area contributed by atoms with Crippen LogP contribution in [0.3, 0.4) is 0 Å². The number of halogens is 1. The summed E-state index contributed by atoms with van der Waals surface area (Å²) >= 11 is 5.33. The lowest BCUT2D eigenvalue weighted by molar-refractivity contribution is 0.211. The lowest BCUT2D eigenvalue weighted by Crippen LogP contribution is -2.37. The molecule has 1 saturated carbocycles. The number of hydrogen-bond acceptors (Lipinski definition) is 3. The molecule has 0 radical (unpaired) electrons. The largest absolute Gasteiger partial charge is 0.326 e. The van der Waals surface area contributed by atoms with Crippen molar-refractivity contribution in [3.05, 3.63) is 20.8 Å². The van der Waals surface area contributed by atoms with E-state index in [1.165, 1.54) is 21.6 Å². The number of likely N-dealkylation sites (N-methyl/N-ethyl adjacent to an activating group) is 1. The van der Waals surface area contributed by atoms with Crippen LogP contribution in [0.25, 0.3) is 0 Å². The summed E-state index contributed by atoms with van der Waals surface area (Å²) in [6, 6.07) is 4.82. The van der Waals surface area contributed by atoms with Crippen molar-refractivity contribution in [1.29, 1.82) is 0 Å². The zero-order chi connectivity index (χ0) is 12.6. The quantitative estimate of drug-likeness (QED) is 0.901. The van der Waals surface area contributed by atoms with E-state index in [-0.39, 0.29) is 6.04 Å². The Bertz CT molecular complexity index is 377. The molecule has 4 unspecified atom stereocenters. The first kappa shape index (κ1) is 13.5. The lowest BCUT2D eigenvalue weighted by atomic mass is 10.1. The maximum Gasteiger partial charge on any atom is 0.0702 e. The van der Waals surface area contributed by atoms with Crippen LogP contribution in [0.4, 0.5) is 0 Å². The van der Waals surface area contributed by atoms with E-state index >= 15 is 0 Å². The lowest BCUT2D eigenvalue weighted by Gasteiger charge is -2.30. The molecule has 0 aromatic carbocycles. The molecule has 2 rings (SSSR count). The maximum absolute atomic E-state index is 6.16. The summed E-state index contributed by atoms with van der Waals surface area (Å²) in [6.45, 7) is 5.61. The Hall–Kier alpha value is 0.1000. The number of nitrogens with zero attached hydrogens (tertiary/aromatic N) is 1. The van der Waals surface area contributed by atoms with Gasteiger partial charge in [-0.1, -0.05) is 6.92 Å². The normalized spacial score (nSPS) is 27.2. The second-order valence-electron chi connectivity index (χ2n) is 5.36. The van der Waals surface area contributed by atoms with Crippen LogP contribution in [-0.2, 0) is 0 Å². The van der Waals surface area contributed by atoms with E-state index in [1.807, 2.05) is 0 Å². The van der Waals surface area contributed by atoms with Gasteiger partial charge in [-0.3, -0.25) is 4.90 Å². The molecule has 0 saturated heterocycles. The maximum atomic E-state index is 6.16. The van der Waals surface area contributed by atoms with E-state index in [0.717, 1.165) is 11.8 Å². The van der Waals surface area contributed by atoms with Crippen LogP contribution >= 0.6 is 27.3 Å². The van der Waals surface area contributed by atoms with Crippen molar-refractivity contribution >= 4 is 27.3 Å². The van der Waals surface area contributed by atoms with Crippen LogP contribution in [0.15, 0.2) is 15.9 Å². The van der Waals surface area contributed by atoms with E-state index in [1.54, 1.807) is 11.3 Å². The molecule has 0 spiro atoms. The predicted molar refractivity (Wildman–Crippen MR) is 78.3 cm³/mol. The molecule has 2 N–H and O–H groups in total. The molecule has 0 aliphatic heterocycles. The van der Waals surface area contributed by atoms with Gasteiger partial charge in [-0.2, -0.15) is 0 Å². The minimum absolute atomic E-state index is 0.166. The van der Waals surface area contributed by atoms with Crippen LogP contribution in [0, 0.1) is 11.8 Å². The van der Waals surface area contributed by atoms with Gasteiger partial charge in [0, 0.05) is 17.5 Å². The van der Waals surface area contributed by atoms with Gasteiger partial charge in [-0.15, -0.1) is 11.3 Å². The van der Waals surface area contributed by atoms with Gasteiger partial charge in [0.1, 0.15) is 0 Å². The van der Waals surface area contributed by atoms with Crippen molar-refractivity contribution in [2.75, 3.05) is 13.6 Å². The van der Waals surface area contributed by atoms with E-state index in [4.69, 9.17) is 5.73 Å². The molecular formula is C13H21BrN2S. The Morgan fingerprint density at radius 3 is 2.65 bits per heavy atom. The molecule has 1 heterocycles. The molecule has 1 aromatic heterocycles. The Balaban J connectivity index is 2.06. The Kier molecular flexibility index (Phi) is 4.29. The van der Waals surface area contributed by atoms with Crippen LogP contribution in [0.1, 0.15) is 31.2 Å². The molecule has 96 valence electrons. The third-order valence-corrected chi connectivity index (χ3v) is 5.35. The summed E-state index contributed by atoms with van der Waals surface area (Å²) in [4.78, 5) is 3.79. The predicted octanol–water partition coefficient (Wildman–Crippen LogP) is 3.49. The average Bonchev–Trinajstić information content (AvgIpc) is 2.73. The van der Waals surface area contributed by atoms with Crippen LogP contribution < -0.4 is 5.73 Å². The van der Waals surface area contributed by atoms with Crippen molar-refractivity contribution < 1.29 is 0 Å². The molecule has 2 nitrogen and oxygen atoms in total. The summed E-state index contributed by atoms with van der Waals surface area (Å²) in [6.07, 6.45) is 1.38. The molecular weight excluding hydrogens is 296 g/mol. The van der Waals surface area contributed by atoms with Crippen LogP contribution in [-0.4, -0.2) is 24.5 Å². The van der Waals surface area contributed by atoms with E-state index < -0.39 is 0 Å². The molecule has 1 aromatic rings. The van der Waals surface area contributed by atoms with Crippen LogP contribution in [0.2, 0.25) is 0 Å². The number of hydrogen-bond donors (Lipinski definition) is 1. The highest BCUT2D eigenvalue weighted by Crippen LogP contribution is 2.40. The average molecular weight is 317 g/mol. The highest BCUT2D eigenvalue weighted by atomic mass is 79.9. The van der Waals surface area contributed by atoms with Gasteiger partial charge in [0.25, 0.3) is 0 Å². The zero-order valence-electron chi connectivity index (χ0n) is 10.7. The summed E-state index contributed by atoms with van der Waals surface area (Å²) in [5.74, 6) is 1.78. The fourth-order valence-corrected chi connectivity index (χ4v) is 4.21. The summed E-state index contributed by atoms with van der Waals surface area (Å²) in [5.41, 5.74) is 6.16. The Labute approximate surface area is 116 Å². The Morgan fingerprint density at radius 1 is 1.59 bits per heavy atom. The first-order chi connectivity index (χ1) is 7.99. The van der Waals surface area contributed by atoms with Gasteiger partial charge < -0.3 is 5.73 Å². The van der Waals surface area contributed by atoms with E-state index in [2.05, 4.69) is 53.9 Å². The van der Waals surface area contributed by atoms with Crippen molar-refractivity contribution in [2.45, 2.75) is 32.4 Å². The molecule has 0 bridgehead atoms. The van der Waals surface area contributed by atoms with Gasteiger partial charge >= 0.3 is 0 Å². The van der Waals surface area contributed by atoms with Gasteiger partial charge in [-0.05, 0) is 60.3 Å². The molecule has 4 atom stereocenters. The standard InChI is InChI=1S/C13H21BrN2S/c1-8-6-10(8)7-16(3)13(9(2)15)11-4-5-12(14)17-11/h4-5,8-10,13H,6-7,15H2,1-3H3. The SMILES string of the molecule is CC(N)C(c1ccc(Br)s1)N(C)CC1CC1C. The van der Waals surface area contributed by atoms with Crippen molar-refractivity contribution in [3.63, 3.8) is 0 Å². The molecule has 1 aliphatic rings. The third kappa shape index (κ3) is 3.31. The highest BCUT2D eigenvalue weighted by molar-refractivity contribution is 9.11. The number of nitrogens with two attached hydrogens (primary N) is 1. The minimum Gasteiger partial charge on any atom is -0.326 e. The molecule has 1 aliphatic carbocycles. The molecule has 17 heavy (non-hydrogen) atoms. The molecule has 4 heteroatoms. The minimum atomic E-state index is 0.166. The Morgan fingerprint density at radius 2 is 2.24 bits per heavy atom. The van der Waals surface area contributed by atoms with Gasteiger partial charge in [0.2, 0.25) is 0 Å². The smallest absolute Gasteiger partial charge is 0.0702 e. The number of thiophene rings is 1. The third-order valence-electron chi connectivity index (χ3n) is 3.66. The van der Waals surface area contributed by atoms with Crippen molar-refractivity contribution in [1.82, 2.24) is 4.90 Å². The fraction of sp³-hybridized carbons (Fsp3) is 0.692. The van der Waals surface area contributed by atoms with Crippen molar-refractivity contribution in [2.24, 2.45) is 17.6 Å². The fourth-order valence-electron chi connectivity index (χ4n) is 2.50. The molecule has 0 amide bonds. The second kappa shape index (κ2) is 5.39. The summed E-state index contributed by atoms with van der Waals surface area (Å²) < 4.78 is 1.19. The van der Waals surface area contributed by atoms with E-state index in [0.29, 0.717) is 6.04 Å². The summed E-state index contributed by atoms with van der Waals surface area (Å²) in [7, 11) is 2.20. The van der Waals surface area contributed by atoms with Gasteiger partial charge in [0.05, 0.1) is 9.83 Å². The first-order valence-electron chi connectivity index (χ1n) is 6.20. The van der Waals surface area contributed by atoms with Crippen LogP contribution in [0.5, 0.6) is 0 Å². The highest BCUT2D eigenvalue weighted by Gasteiger charge is 2.35. The second-order valence-corrected chi connectivity index (χ2v) is 7.85. The molecule has 1 fully saturated rings. The van der Waals surface area contributed by atoms with Crippen molar-refractivity contribution in [3.8, 4) is 0 Å². The van der Waals surface area contributed by atoms with Gasteiger partial charge in [-0.25, -0.2) is 0 Å². The van der Waals surface area contributed by atoms with E-state index in [9.17, 15) is 0 Å².